The number of halogens is 1. The lowest BCUT2D eigenvalue weighted by Crippen LogP contribution is -2.39. The molecule has 0 aromatic carbocycles. The molecule has 6 heteroatoms. The van der Waals surface area contributed by atoms with E-state index >= 15 is 0 Å². The minimum Gasteiger partial charge on any atom is -0.454 e. The van der Waals surface area contributed by atoms with Gasteiger partial charge in [-0.1, -0.05) is 12.8 Å². The summed E-state index contributed by atoms with van der Waals surface area (Å²) in [5, 5.41) is 6.75. The van der Waals surface area contributed by atoms with E-state index in [1.54, 1.807) is 7.11 Å². The van der Waals surface area contributed by atoms with Gasteiger partial charge in [0, 0.05) is 39.8 Å². The summed E-state index contributed by atoms with van der Waals surface area (Å²) >= 11 is 3.33. The molecule has 2 N–H and O–H groups in total. The molecule has 2 rings (SSSR count). The summed E-state index contributed by atoms with van der Waals surface area (Å²) in [4.78, 5) is 4.86. The molecule has 1 heterocycles. The highest BCUT2D eigenvalue weighted by atomic mass is 79.9. The van der Waals surface area contributed by atoms with Gasteiger partial charge in [0.2, 0.25) is 0 Å². The Morgan fingerprint density at radius 2 is 2.12 bits per heavy atom. The van der Waals surface area contributed by atoms with E-state index in [-0.39, 0.29) is 0 Å². The molecule has 0 unspecified atom stereocenters. The van der Waals surface area contributed by atoms with Crippen molar-refractivity contribution in [2.45, 2.75) is 45.4 Å². The molecule has 0 radical (unpaired) electrons. The topological polar surface area (TPSA) is 58.8 Å². The maximum atomic E-state index is 5.53. The number of guanidine groups is 1. The predicted molar refractivity (Wildman–Crippen MR) is 101 cm³/mol. The quantitative estimate of drug-likeness (QED) is 0.490. The summed E-state index contributed by atoms with van der Waals surface area (Å²) in [6, 6.07) is 3.92. The summed E-state index contributed by atoms with van der Waals surface area (Å²) in [6.45, 7) is 5.46. The molecule has 1 aliphatic rings. The van der Waals surface area contributed by atoms with Crippen LogP contribution in [-0.4, -0.2) is 39.3 Å². The number of aliphatic imine (C=N–C) groups is 1. The van der Waals surface area contributed by atoms with Gasteiger partial charge in [0.1, 0.15) is 5.76 Å². The van der Waals surface area contributed by atoms with Crippen LogP contribution >= 0.6 is 15.9 Å². The van der Waals surface area contributed by atoms with E-state index in [9.17, 15) is 0 Å². The number of hydrogen-bond acceptors (Lipinski definition) is 3. The van der Waals surface area contributed by atoms with E-state index in [2.05, 4.69) is 33.5 Å². The summed E-state index contributed by atoms with van der Waals surface area (Å²) in [6.07, 6.45) is 7.10. The third-order valence-electron chi connectivity index (χ3n) is 4.71. The highest BCUT2D eigenvalue weighted by Gasteiger charge is 2.33. The third-order valence-corrected chi connectivity index (χ3v) is 5.14. The maximum absolute atomic E-state index is 5.53. The fourth-order valence-corrected chi connectivity index (χ4v) is 3.65. The van der Waals surface area contributed by atoms with Crippen molar-refractivity contribution in [2.75, 3.05) is 33.4 Å². The third kappa shape index (κ3) is 6.13. The van der Waals surface area contributed by atoms with Crippen LogP contribution < -0.4 is 10.6 Å². The van der Waals surface area contributed by atoms with E-state index < -0.39 is 0 Å². The fraction of sp³-hybridized carbons (Fsp3) is 0.722. The zero-order valence-electron chi connectivity index (χ0n) is 14.9. The van der Waals surface area contributed by atoms with E-state index in [4.69, 9.17) is 14.1 Å². The van der Waals surface area contributed by atoms with E-state index in [1.807, 2.05) is 12.1 Å². The molecule has 0 saturated heterocycles. The van der Waals surface area contributed by atoms with Gasteiger partial charge in [0.15, 0.2) is 10.6 Å². The number of hydrogen-bond donors (Lipinski definition) is 2. The van der Waals surface area contributed by atoms with Crippen LogP contribution in [0.3, 0.4) is 0 Å². The Morgan fingerprint density at radius 1 is 1.33 bits per heavy atom. The van der Waals surface area contributed by atoms with Crippen molar-refractivity contribution >= 4 is 21.9 Å². The van der Waals surface area contributed by atoms with Crippen molar-refractivity contribution < 1.29 is 9.15 Å². The number of rotatable bonds is 9. The molecule has 1 saturated carbocycles. The molecule has 0 spiro atoms. The number of nitrogens with zero attached hydrogens (tertiary/aromatic N) is 1. The van der Waals surface area contributed by atoms with Crippen molar-refractivity contribution in [1.82, 2.24) is 10.6 Å². The van der Waals surface area contributed by atoms with Gasteiger partial charge in [0.25, 0.3) is 0 Å². The SMILES string of the molecule is CCNC(=NCC1(CCOC)CCCC1)NCCc1ccc(Br)o1. The molecule has 136 valence electrons. The van der Waals surface area contributed by atoms with E-state index in [1.165, 1.54) is 25.7 Å². The minimum atomic E-state index is 0.324. The highest BCUT2D eigenvalue weighted by molar-refractivity contribution is 9.10. The van der Waals surface area contributed by atoms with Gasteiger partial charge in [-0.05, 0) is 59.7 Å². The second-order valence-corrected chi connectivity index (χ2v) is 7.31. The molecule has 1 aromatic heterocycles. The Hall–Kier alpha value is -1.01. The van der Waals surface area contributed by atoms with Crippen LogP contribution in [0.15, 0.2) is 26.2 Å². The van der Waals surface area contributed by atoms with Crippen LogP contribution in [0.4, 0.5) is 0 Å². The van der Waals surface area contributed by atoms with Crippen molar-refractivity contribution in [3.63, 3.8) is 0 Å². The predicted octanol–water partition coefficient (Wildman–Crippen LogP) is 3.74. The van der Waals surface area contributed by atoms with Gasteiger partial charge in [-0.2, -0.15) is 0 Å². The summed E-state index contributed by atoms with van der Waals surface area (Å²) in [7, 11) is 1.78. The molecule has 24 heavy (non-hydrogen) atoms. The van der Waals surface area contributed by atoms with Crippen molar-refractivity contribution in [3.8, 4) is 0 Å². The first-order valence-corrected chi connectivity index (χ1v) is 9.72. The van der Waals surface area contributed by atoms with Crippen LogP contribution in [0.5, 0.6) is 0 Å². The second kappa shape index (κ2) is 10.1. The lowest BCUT2D eigenvalue weighted by Gasteiger charge is -2.27. The number of ether oxygens (including phenoxy) is 1. The molecule has 5 nitrogen and oxygen atoms in total. The smallest absolute Gasteiger partial charge is 0.191 e. The lowest BCUT2D eigenvalue weighted by atomic mass is 9.83. The molecule has 0 amide bonds. The van der Waals surface area contributed by atoms with Gasteiger partial charge in [0.05, 0.1) is 0 Å². The largest absolute Gasteiger partial charge is 0.454 e. The average molecular weight is 400 g/mol. The first-order valence-electron chi connectivity index (χ1n) is 8.93. The summed E-state index contributed by atoms with van der Waals surface area (Å²) < 4.78 is 11.6. The second-order valence-electron chi connectivity index (χ2n) is 6.53. The first kappa shape index (κ1) is 19.3. The van der Waals surface area contributed by atoms with Crippen LogP contribution in [0.2, 0.25) is 0 Å². The molecule has 1 fully saturated rings. The summed E-state index contributed by atoms with van der Waals surface area (Å²) in [5.74, 6) is 1.87. The van der Waals surface area contributed by atoms with Crippen LogP contribution in [0.25, 0.3) is 0 Å². The maximum Gasteiger partial charge on any atom is 0.191 e. The zero-order valence-corrected chi connectivity index (χ0v) is 16.5. The highest BCUT2D eigenvalue weighted by Crippen LogP contribution is 2.41. The Morgan fingerprint density at radius 3 is 2.75 bits per heavy atom. The number of methoxy groups -OCH3 is 1. The van der Waals surface area contributed by atoms with E-state index in [0.29, 0.717) is 5.41 Å². The van der Waals surface area contributed by atoms with Crippen molar-refractivity contribution in [3.05, 3.63) is 22.6 Å². The van der Waals surface area contributed by atoms with Crippen LogP contribution in [0.1, 0.15) is 44.8 Å². The molecule has 1 aliphatic carbocycles. The Balaban J connectivity index is 1.86. The average Bonchev–Trinajstić information content (AvgIpc) is 3.20. The van der Waals surface area contributed by atoms with Gasteiger partial charge in [-0.25, -0.2) is 0 Å². The molecule has 0 atom stereocenters. The monoisotopic (exact) mass is 399 g/mol. The Kier molecular flexibility index (Phi) is 8.12. The van der Waals surface area contributed by atoms with Crippen molar-refractivity contribution in [2.24, 2.45) is 10.4 Å². The number of furan rings is 1. The van der Waals surface area contributed by atoms with Crippen LogP contribution in [-0.2, 0) is 11.2 Å². The lowest BCUT2D eigenvalue weighted by molar-refractivity contribution is 0.141. The molecule has 0 aliphatic heterocycles. The molecule has 0 bridgehead atoms. The van der Waals surface area contributed by atoms with Gasteiger partial charge in [-0.3, -0.25) is 4.99 Å². The van der Waals surface area contributed by atoms with Gasteiger partial charge in [-0.15, -0.1) is 0 Å². The fourth-order valence-electron chi connectivity index (χ4n) is 3.31. The first-order chi connectivity index (χ1) is 11.7. The Labute approximate surface area is 153 Å². The van der Waals surface area contributed by atoms with E-state index in [0.717, 1.165) is 55.5 Å². The standard InChI is InChI=1S/C18H30BrN3O2/c1-3-20-17(21-12-8-15-6-7-16(19)24-15)22-14-18(11-13-23-2)9-4-5-10-18/h6-7H,3-5,8-14H2,1-2H3,(H2,20,21,22). The van der Waals surface area contributed by atoms with Crippen LogP contribution in [0, 0.1) is 5.41 Å². The van der Waals surface area contributed by atoms with Gasteiger partial charge >= 0.3 is 0 Å². The zero-order chi connectivity index (χ0) is 17.3. The number of nitrogens with one attached hydrogen (secondary N) is 2. The van der Waals surface area contributed by atoms with Gasteiger partial charge < -0.3 is 19.8 Å². The normalized spacial score (nSPS) is 17.2. The molecule has 1 aromatic rings. The molecular weight excluding hydrogens is 370 g/mol. The van der Waals surface area contributed by atoms with Crippen molar-refractivity contribution in [1.29, 1.82) is 0 Å². The Bertz CT molecular complexity index is 510. The molecular formula is C18H30BrN3O2. The minimum absolute atomic E-state index is 0.324. The summed E-state index contributed by atoms with van der Waals surface area (Å²) in [5.41, 5.74) is 0.324.